The van der Waals surface area contributed by atoms with E-state index in [0.29, 0.717) is 23.3 Å². The zero-order valence-corrected chi connectivity index (χ0v) is 24.3. The molecule has 200 valence electrons. The molecular weight excluding hydrogens is 516 g/mol. The second kappa shape index (κ2) is 11.0. The number of pyridine rings is 2. The van der Waals surface area contributed by atoms with Crippen molar-refractivity contribution in [2.45, 2.75) is 30.2 Å². The van der Waals surface area contributed by atoms with Gasteiger partial charge in [0.1, 0.15) is 0 Å². The first-order chi connectivity index (χ1) is 20.3. The number of nitrogens with zero attached hydrogens (tertiary/aromatic N) is 2. The van der Waals surface area contributed by atoms with Crippen LogP contribution in [0.15, 0.2) is 146 Å². The topological polar surface area (TPSA) is 7.76 Å². The molecule has 2 aromatic heterocycles. The fourth-order valence-electron chi connectivity index (χ4n) is 6.98. The fourth-order valence-corrected chi connectivity index (χ4v) is 7.98. The van der Waals surface area contributed by atoms with Gasteiger partial charge in [-0.05, 0) is 39.3 Å². The predicted octanol–water partition coefficient (Wildman–Crippen LogP) is 8.48. The Labute approximate surface area is 247 Å². The standard InChI is InChI=1S/C20H18N.C18H16NS/c1-15-16-9-3-4-10-17(16)18-11-5-6-12-19(18)20(15)21-13-7-2-8-14-21;1-20-18-15-10-6-8-13-7-5-9-14(16(13)15)17(18)19-11-3-2-4-12-19/h2-15,20H,1H3;2-12,17-18H,1H3/q2*+1/t15-,20+;17-,18-/m01/s1. The van der Waals surface area contributed by atoms with Gasteiger partial charge in [0.15, 0.2) is 36.9 Å². The van der Waals surface area contributed by atoms with Crippen LogP contribution >= 0.6 is 11.8 Å². The highest BCUT2D eigenvalue weighted by atomic mass is 32.2. The lowest BCUT2D eigenvalue weighted by atomic mass is 9.76. The van der Waals surface area contributed by atoms with Crippen LogP contribution in [0.4, 0.5) is 0 Å². The molecule has 0 radical (unpaired) electrons. The summed E-state index contributed by atoms with van der Waals surface area (Å²) < 4.78 is 4.68. The molecule has 2 aliphatic carbocycles. The molecule has 4 atom stereocenters. The summed E-state index contributed by atoms with van der Waals surface area (Å²) in [5, 5.41) is 3.30. The van der Waals surface area contributed by atoms with Gasteiger partial charge in [0.25, 0.3) is 0 Å². The number of hydrogen-bond acceptors (Lipinski definition) is 1. The van der Waals surface area contributed by atoms with Crippen LogP contribution in [0.5, 0.6) is 0 Å². The van der Waals surface area contributed by atoms with Crippen LogP contribution in [0.1, 0.15) is 52.4 Å². The minimum atomic E-state index is 0.359. The van der Waals surface area contributed by atoms with Gasteiger partial charge in [-0.1, -0.05) is 104 Å². The predicted molar refractivity (Wildman–Crippen MR) is 170 cm³/mol. The molecule has 3 heteroatoms. The van der Waals surface area contributed by atoms with Crippen molar-refractivity contribution in [1.82, 2.24) is 0 Å². The van der Waals surface area contributed by atoms with E-state index >= 15 is 0 Å². The lowest BCUT2D eigenvalue weighted by Gasteiger charge is -2.29. The van der Waals surface area contributed by atoms with Gasteiger partial charge >= 0.3 is 0 Å². The molecule has 0 N–H and O–H groups in total. The Morgan fingerprint density at radius 1 is 0.488 bits per heavy atom. The third kappa shape index (κ3) is 4.45. The molecule has 0 spiro atoms. The van der Waals surface area contributed by atoms with E-state index in [-0.39, 0.29) is 0 Å². The van der Waals surface area contributed by atoms with Crippen molar-refractivity contribution < 1.29 is 9.13 Å². The molecule has 2 aliphatic rings. The van der Waals surface area contributed by atoms with Crippen LogP contribution in [0.25, 0.3) is 21.9 Å². The minimum Gasteiger partial charge on any atom is -0.197 e. The summed E-state index contributed by atoms with van der Waals surface area (Å²) in [6, 6.07) is 44.3. The van der Waals surface area contributed by atoms with Crippen molar-refractivity contribution in [2.75, 3.05) is 6.26 Å². The number of rotatable bonds is 3. The van der Waals surface area contributed by atoms with Crippen molar-refractivity contribution in [3.05, 3.63) is 168 Å². The lowest BCUT2D eigenvalue weighted by Crippen LogP contribution is -2.43. The Hall–Kier alpha value is -4.21. The van der Waals surface area contributed by atoms with Crippen LogP contribution in [0, 0.1) is 0 Å². The van der Waals surface area contributed by atoms with E-state index in [1.165, 1.54) is 44.2 Å². The Balaban J connectivity index is 0.000000135. The third-order valence-corrected chi connectivity index (χ3v) is 9.77. The molecule has 6 aromatic rings. The first-order valence-electron chi connectivity index (χ1n) is 14.4. The van der Waals surface area contributed by atoms with E-state index < -0.39 is 0 Å². The maximum atomic E-state index is 2.34. The molecular formula is C38H34N2S+2. The van der Waals surface area contributed by atoms with Gasteiger partial charge in [-0.3, -0.25) is 0 Å². The number of benzene rings is 4. The first-order valence-corrected chi connectivity index (χ1v) is 15.7. The highest BCUT2D eigenvalue weighted by molar-refractivity contribution is 7.98. The highest BCUT2D eigenvalue weighted by Gasteiger charge is 2.40. The molecule has 2 heterocycles. The van der Waals surface area contributed by atoms with E-state index in [1.54, 1.807) is 0 Å². The normalized spacial score (nSPS) is 20.0. The Morgan fingerprint density at radius 2 is 1.00 bits per heavy atom. The Morgan fingerprint density at radius 3 is 1.63 bits per heavy atom. The van der Waals surface area contributed by atoms with Crippen molar-refractivity contribution >= 4 is 22.5 Å². The van der Waals surface area contributed by atoms with Crippen LogP contribution < -0.4 is 9.13 Å². The van der Waals surface area contributed by atoms with Crippen molar-refractivity contribution in [3.8, 4) is 11.1 Å². The smallest absolute Gasteiger partial charge is 0.197 e. The summed E-state index contributed by atoms with van der Waals surface area (Å²) in [6.45, 7) is 2.33. The number of fused-ring (bicyclic) bond motifs is 3. The quantitative estimate of drug-likeness (QED) is 0.201. The summed E-state index contributed by atoms with van der Waals surface area (Å²) in [5.74, 6) is 0.462. The molecule has 0 aliphatic heterocycles. The molecule has 0 bridgehead atoms. The van der Waals surface area contributed by atoms with Crippen LogP contribution in [0.3, 0.4) is 0 Å². The van der Waals surface area contributed by atoms with E-state index in [1.807, 2.05) is 11.8 Å². The van der Waals surface area contributed by atoms with Crippen molar-refractivity contribution in [1.29, 1.82) is 0 Å². The molecule has 2 nitrogen and oxygen atoms in total. The highest BCUT2D eigenvalue weighted by Crippen LogP contribution is 2.49. The summed E-state index contributed by atoms with van der Waals surface area (Å²) in [5.41, 5.74) is 8.54. The van der Waals surface area contributed by atoms with E-state index in [9.17, 15) is 0 Å². The monoisotopic (exact) mass is 550 g/mol. The second-order valence-electron chi connectivity index (χ2n) is 10.9. The maximum absolute atomic E-state index is 2.34. The van der Waals surface area contributed by atoms with E-state index in [4.69, 9.17) is 0 Å². The Kier molecular flexibility index (Phi) is 6.90. The lowest BCUT2D eigenvalue weighted by molar-refractivity contribution is -0.716. The van der Waals surface area contributed by atoms with Gasteiger partial charge in [-0.25, -0.2) is 0 Å². The fraction of sp³-hybridized carbons (Fsp3) is 0.158. The van der Waals surface area contributed by atoms with Crippen molar-refractivity contribution in [2.24, 2.45) is 0 Å². The summed E-state index contributed by atoms with van der Waals surface area (Å²) in [6.07, 6.45) is 10.9. The molecule has 0 amide bonds. The molecule has 0 saturated heterocycles. The molecule has 0 saturated carbocycles. The van der Waals surface area contributed by atoms with E-state index in [0.717, 1.165) is 0 Å². The van der Waals surface area contributed by atoms with E-state index in [2.05, 4.69) is 168 Å². The van der Waals surface area contributed by atoms with Gasteiger partial charge in [-0.2, -0.15) is 9.13 Å². The summed E-state index contributed by atoms with van der Waals surface area (Å²) >= 11 is 1.94. The minimum absolute atomic E-state index is 0.359. The summed E-state index contributed by atoms with van der Waals surface area (Å²) in [4.78, 5) is 0. The molecule has 4 aromatic carbocycles. The molecule has 41 heavy (non-hydrogen) atoms. The van der Waals surface area contributed by atoms with Gasteiger partial charge in [0.2, 0.25) is 0 Å². The first kappa shape index (κ1) is 25.7. The largest absolute Gasteiger partial charge is 0.199 e. The van der Waals surface area contributed by atoms with Crippen molar-refractivity contribution in [3.63, 3.8) is 0 Å². The average Bonchev–Trinajstić information content (AvgIpc) is 3.38. The molecule has 0 unspecified atom stereocenters. The average molecular weight is 551 g/mol. The summed E-state index contributed by atoms with van der Waals surface area (Å²) in [7, 11) is 0. The SMILES string of the molecule is CS[C@@H]1c2cccc3cccc(c23)[C@H]1[n+]1ccccc1.C[C@H]1c2ccccc2-c2ccccc2[C@@H]1[n+]1ccccc1. The van der Waals surface area contributed by atoms with Crippen LogP contribution in [-0.4, -0.2) is 6.26 Å². The molecule has 0 fully saturated rings. The van der Waals surface area contributed by atoms with Gasteiger partial charge in [0.05, 0.1) is 5.25 Å². The molecule has 8 rings (SSSR count). The van der Waals surface area contributed by atoms with Gasteiger partial charge < -0.3 is 0 Å². The van der Waals surface area contributed by atoms with Crippen LogP contribution in [-0.2, 0) is 0 Å². The van der Waals surface area contributed by atoms with Gasteiger partial charge in [-0.15, -0.1) is 11.8 Å². The number of thioether (sulfide) groups is 1. The Bertz CT molecular complexity index is 1810. The van der Waals surface area contributed by atoms with Crippen LogP contribution in [0.2, 0.25) is 0 Å². The number of aromatic nitrogens is 2. The number of hydrogen-bond donors (Lipinski definition) is 0. The zero-order chi connectivity index (χ0) is 27.8. The second-order valence-corrected chi connectivity index (χ2v) is 11.9. The third-order valence-electron chi connectivity index (χ3n) is 8.75. The zero-order valence-electron chi connectivity index (χ0n) is 23.5. The maximum Gasteiger partial charge on any atom is 0.199 e. The van der Waals surface area contributed by atoms with Gasteiger partial charge in [0, 0.05) is 41.3 Å².